The molecule has 8 heteroatoms. The van der Waals surface area contributed by atoms with Crippen molar-refractivity contribution in [3.8, 4) is 0 Å². The van der Waals surface area contributed by atoms with Crippen LogP contribution in [0.25, 0.3) is 0 Å². The summed E-state index contributed by atoms with van der Waals surface area (Å²) in [5.74, 6) is 1.86. The fourth-order valence-corrected chi connectivity index (χ4v) is 0.139. The summed E-state index contributed by atoms with van der Waals surface area (Å²) in [5, 5.41) is 19.2. The molecule has 13 heavy (non-hydrogen) atoms. The molecule has 0 amide bonds. The molecule has 0 spiro atoms. The van der Waals surface area contributed by atoms with Crippen molar-refractivity contribution in [3.63, 3.8) is 0 Å². The molecular formula is C5H10N4O4. The second-order valence-electron chi connectivity index (χ2n) is 1.59. The molecule has 0 aliphatic heterocycles. The molecule has 74 valence electrons. The average molecular weight is 190 g/mol. The number of aliphatic carboxylic acids is 2. The molecule has 8 nitrogen and oxygen atoms in total. The summed E-state index contributed by atoms with van der Waals surface area (Å²) in [4.78, 5) is 19.0. The van der Waals surface area contributed by atoms with E-state index in [2.05, 4.69) is 5.84 Å². The highest BCUT2D eigenvalue weighted by Gasteiger charge is 1.81. The molecule has 8 N–H and O–H groups in total. The number of rotatable bonds is 2. The molecule has 0 atom stereocenters. The van der Waals surface area contributed by atoms with Crippen LogP contribution in [0, 0.1) is 0 Å². The molecule has 0 saturated heterocycles. The normalized spacial score (nSPS) is 8.31. The van der Waals surface area contributed by atoms with E-state index in [4.69, 9.17) is 16.6 Å². The molecule has 0 unspecified atom stereocenters. The smallest absolute Gasteiger partial charge is 0.360 e. The zero-order valence-electron chi connectivity index (χ0n) is 6.56. The van der Waals surface area contributed by atoms with Crippen LogP contribution < -0.4 is 27.5 Å². The van der Waals surface area contributed by atoms with Gasteiger partial charge in [0.05, 0.1) is 5.97 Å². The maximum absolute atomic E-state index is 9.53. The zero-order chi connectivity index (χ0) is 10.9. The summed E-state index contributed by atoms with van der Waals surface area (Å²) >= 11 is 0. The van der Waals surface area contributed by atoms with Gasteiger partial charge < -0.3 is 15.0 Å². The van der Waals surface area contributed by atoms with Crippen molar-refractivity contribution in [2.24, 2.45) is 17.3 Å². The fraction of sp³-hybridized carbons (Fsp3) is 0. The molecule has 0 aromatic rings. The summed E-state index contributed by atoms with van der Waals surface area (Å²) in [6, 6.07) is 0. The quantitative estimate of drug-likeness (QED) is 0.0950. The van der Waals surface area contributed by atoms with Gasteiger partial charge in [-0.05, 0) is 6.08 Å². The maximum Gasteiger partial charge on any atom is 0.360 e. The fourth-order valence-electron chi connectivity index (χ4n) is 0.139. The van der Waals surface area contributed by atoms with Crippen LogP contribution in [0.2, 0.25) is 0 Å². The minimum atomic E-state index is -1.51. The van der Waals surface area contributed by atoms with Crippen LogP contribution in [-0.4, -0.2) is 23.0 Å². The van der Waals surface area contributed by atoms with Gasteiger partial charge in [-0.2, -0.15) is 5.10 Å². The third-order valence-electron chi connectivity index (χ3n) is 0.529. The number of nitrogens with two attached hydrogens (primary N) is 3. The highest BCUT2D eigenvalue weighted by atomic mass is 16.4. The lowest BCUT2D eigenvalue weighted by molar-refractivity contribution is -0.471. The molecular weight excluding hydrogens is 180 g/mol. The molecule has 0 saturated carbocycles. The summed E-state index contributed by atoms with van der Waals surface area (Å²) in [6.45, 7) is 0. The summed E-state index contributed by atoms with van der Waals surface area (Å²) < 4.78 is 0. The Morgan fingerprint density at radius 2 is 1.69 bits per heavy atom. The van der Waals surface area contributed by atoms with Crippen molar-refractivity contribution in [2.75, 3.05) is 0 Å². The first kappa shape index (κ1) is 13.3. The molecule has 0 bridgehead atoms. The van der Waals surface area contributed by atoms with Gasteiger partial charge >= 0.3 is 11.9 Å². The SMILES string of the molecule is N[NH+]=C(N)N.O=C([O-])/C=C/C(=O)O. The first-order valence-corrected chi connectivity index (χ1v) is 2.86. The van der Waals surface area contributed by atoms with Gasteiger partial charge in [0.25, 0.3) is 0 Å². The first-order chi connectivity index (χ1) is 5.90. The van der Waals surface area contributed by atoms with Crippen LogP contribution in [0.4, 0.5) is 0 Å². The molecule has 0 aromatic heterocycles. The minimum absolute atomic E-state index is 0.0324. The Morgan fingerprint density at radius 1 is 1.31 bits per heavy atom. The van der Waals surface area contributed by atoms with Crippen LogP contribution in [0.3, 0.4) is 0 Å². The van der Waals surface area contributed by atoms with Gasteiger partial charge in [-0.3, -0.25) is 17.3 Å². The lowest BCUT2D eigenvalue weighted by Gasteiger charge is -1.85. The lowest BCUT2D eigenvalue weighted by atomic mass is 10.5. The zero-order valence-corrected chi connectivity index (χ0v) is 6.56. The molecule has 0 rings (SSSR count). The molecule has 0 aliphatic rings. The van der Waals surface area contributed by atoms with Crippen molar-refractivity contribution in [2.45, 2.75) is 0 Å². The van der Waals surface area contributed by atoms with E-state index in [1.54, 1.807) is 0 Å². The second-order valence-corrected chi connectivity index (χ2v) is 1.59. The van der Waals surface area contributed by atoms with Crippen molar-refractivity contribution >= 4 is 17.9 Å². The van der Waals surface area contributed by atoms with E-state index in [1.165, 1.54) is 0 Å². The Morgan fingerprint density at radius 3 is 1.77 bits per heavy atom. The second kappa shape index (κ2) is 7.85. The first-order valence-electron chi connectivity index (χ1n) is 2.86. The van der Waals surface area contributed by atoms with Gasteiger partial charge in [0.15, 0.2) is 0 Å². The molecule has 0 radical (unpaired) electrons. The predicted octanol–water partition coefficient (Wildman–Crippen LogP) is -5.41. The van der Waals surface area contributed by atoms with Crippen LogP contribution in [-0.2, 0) is 9.59 Å². The van der Waals surface area contributed by atoms with E-state index in [0.29, 0.717) is 12.2 Å². The topological polar surface area (TPSA) is 169 Å². The summed E-state index contributed by atoms with van der Waals surface area (Å²) in [5.41, 5.74) is 9.50. The molecule has 0 heterocycles. The maximum atomic E-state index is 9.53. The number of hydrazine groups is 1. The van der Waals surface area contributed by atoms with Gasteiger partial charge in [-0.15, -0.1) is 0 Å². The van der Waals surface area contributed by atoms with E-state index >= 15 is 0 Å². The lowest BCUT2D eigenvalue weighted by Crippen LogP contribution is -2.84. The van der Waals surface area contributed by atoms with E-state index in [0.717, 1.165) is 0 Å². The molecule has 0 fully saturated rings. The number of nitrogens with one attached hydrogen (secondary N) is 1. The number of hydrogen-bond donors (Lipinski definition) is 5. The number of carbonyl (C=O) groups is 2. The highest BCUT2D eigenvalue weighted by molar-refractivity contribution is 5.88. The van der Waals surface area contributed by atoms with E-state index in [9.17, 15) is 14.7 Å². The van der Waals surface area contributed by atoms with Crippen molar-refractivity contribution in [1.82, 2.24) is 0 Å². The Balaban J connectivity index is 0. The number of guanidine groups is 1. The minimum Gasteiger partial charge on any atom is -0.545 e. The van der Waals surface area contributed by atoms with Crippen LogP contribution >= 0.6 is 0 Å². The molecule has 0 aromatic carbocycles. The Hall–Kier alpha value is -2.25. The molecule has 0 aliphatic carbocycles. The average Bonchev–Trinajstić information content (AvgIpc) is 2.02. The van der Waals surface area contributed by atoms with Gasteiger partial charge in [0, 0.05) is 6.08 Å². The largest absolute Gasteiger partial charge is 0.545 e. The van der Waals surface area contributed by atoms with Crippen molar-refractivity contribution < 1.29 is 24.9 Å². The predicted molar refractivity (Wildman–Crippen MR) is 40.3 cm³/mol. The Kier molecular flexibility index (Phi) is 8.06. The van der Waals surface area contributed by atoms with Gasteiger partial charge in [0.1, 0.15) is 0 Å². The highest BCUT2D eigenvalue weighted by Crippen LogP contribution is 1.67. The Labute approximate surface area is 73.3 Å². The van der Waals surface area contributed by atoms with Gasteiger partial charge in [-0.1, -0.05) is 0 Å². The van der Waals surface area contributed by atoms with Gasteiger partial charge in [0.2, 0.25) is 0 Å². The van der Waals surface area contributed by atoms with Crippen LogP contribution in [0.1, 0.15) is 0 Å². The van der Waals surface area contributed by atoms with E-state index < -0.39 is 11.9 Å². The van der Waals surface area contributed by atoms with E-state index in [-0.39, 0.29) is 5.96 Å². The number of hydrazone groups is 1. The third kappa shape index (κ3) is 26.0. The number of carboxylic acids is 2. The van der Waals surface area contributed by atoms with Crippen LogP contribution in [0.5, 0.6) is 0 Å². The van der Waals surface area contributed by atoms with Crippen LogP contribution in [0.15, 0.2) is 12.2 Å². The summed E-state index contributed by atoms with van der Waals surface area (Å²) in [7, 11) is 0. The number of carboxylic acid groups (broad SMARTS) is 2. The standard InChI is InChI=1S/C4H4O4.CH6N4/c5-3(6)1-2-4(7)8;2-1(3)5-4/h1-2H,(H,5,6)(H,7,8);4H2,(H4,2,3,5)/b2-1+;. The van der Waals surface area contributed by atoms with E-state index in [1.807, 2.05) is 5.10 Å². The number of carbonyl (C=O) groups excluding carboxylic acids is 1. The number of hydrogen-bond acceptors (Lipinski definition) is 4. The van der Waals surface area contributed by atoms with Gasteiger partial charge in [-0.25, -0.2) is 4.79 Å². The monoisotopic (exact) mass is 190 g/mol. The van der Waals surface area contributed by atoms with Crippen molar-refractivity contribution in [3.05, 3.63) is 12.2 Å². The third-order valence-corrected chi connectivity index (χ3v) is 0.529. The summed E-state index contributed by atoms with van der Waals surface area (Å²) in [6.07, 6.45) is 0.942. The van der Waals surface area contributed by atoms with Crippen molar-refractivity contribution in [1.29, 1.82) is 0 Å². The Bertz CT molecular complexity index is 215.